The molecule has 3 rings (SSSR count). The summed E-state index contributed by atoms with van der Waals surface area (Å²) in [4.78, 5) is 9.00. The second-order valence-electron chi connectivity index (χ2n) is 5.72. The lowest BCUT2D eigenvalue weighted by atomic mass is 10.1. The topological polar surface area (TPSA) is 62.5 Å². The minimum atomic E-state index is -0.264. The van der Waals surface area contributed by atoms with Crippen molar-refractivity contribution in [3.63, 3.8) is 0 Å². The highest BCUT2D eigenvalue weighted by atomic mass is 127. The zero-order chi connectivity index (χ0) is 17.8. The van der Waals surface area contributed by atoms with E-state index in [1.165, 1.54) is 12.1 Å². The van der Waals surface area contributed by atoms with Gasteiger partial charge in [0.2, 0.25) is 0 Å². The number of nitrogens with one attached hydrogen (secondary N) is 2. The normalized spacial score (nSPS) is 11.5. The lowest BCUT2D eigenvalue weighted by Crippen LogP contribution is -2.36. The van der Waals surface area contributed by atoms with E-state index in [2.05, 4.69) is 20.6 Å². The summed E-state index contributed by atoms with van der Waals surface area (Å²) >= 11 is 1.62. The molecule has 0 aliphatic rings. The number of hydrogen-bond acceptors (Lipinski definition) is 4. The maximum atomic E-state index is 13.4. The van der Waals surface area contributed by atoms with E-state index in [0.717, 1.165) is 34.0 Å². The minimum Gasteiger partial charge on any atom is -0.459 e. The van der Waals surface area contributed by atoms with Crippen molar-refractivity contribution in [3.05, 3.63) is 51.4 Å². The Morgan fingerprint density at radius 1 is 1.31 bits per heavy atom. The van der Waals surface area contributed by atoms with Crippen LogP contribution in [0, 0.1) is 19.7 Å². The van der Waals surface area contributed by atoms with Crippen LogP contribution < -0.4 is 10.6 Å². The fourth-order valence-corrected chi connectivity index (χ4v) is 3.24. The molecule has 8 heteroatoms. The zero-order valence-corrected chi connectivity index (χ0v) is 18.1. The molecule has 0 fully saturated rings. The summed E-state index contributed by atoms with van der Waals surface area (Å²) in [5.41, 5.74) is 2.62. The van der Waals surface area contributed by atoms with Crippen LogP contribution in [0.5, 0.6) is 0 Å². The number of hydrogen-bond donors (Lipinski definition) is 2. The van der Waals surface area contributed by atoms with Crippen molar-refractivity contribution in [2.75, 3.05) is 6.54 Å². The molecule has 0 bridgehead atoms. The van der Waals surface area contributed by atoms with E-state index in [1.807, 2.05) is 26.2 Å². The van der Waals surface area contributed by atoms with Gasteiger partial charge in [-0.15, -0.1) is 35.3 Å². The Hall–Kier alpha value is -1.68. The van der Waals surface area contributed by atoms with Crippen LogP contribution in [0.1, 0.15) is 28.9 Å². The monoisotopic (exact) mass is 488 g/mol. The molecule has 0 spiro atoms. The molecule has 140 valence electrons. The molecule has 0 radical (unpaired) electrons. The van der Waals surface area contributed by atoms with Gasteiger partial charge in [-0.1, -0.05) is 0 Å². The molecule has 0 amide bonds. The van der Waals surface area contributed by atoms with Crippen LogP contribution in [0.2, 0.25) is 0 Å². The van der Waals surface area contributed by atoms with Gasteiger partial charge in [-0.2, -0.15) is 0 Å². The second kappa shape index (κ2) is 9.31. The Morgan fingerprint density at radius 2 is 2.12 bits per heavy atom. The lowest BCUT2D eigenvalue weighted by molar-refractivity contribution is 0.547. The Balaban J connectivity index is 0.00000243. The van der Waals surface area contributed by atoms with Gasteiger partial charge < -0.3 is 15.1 Å². The average molecular weight is 488 g/mol. The number of guanidine groups is 1. The van der Waals surface area contributed by atoms with Crippen LogP contribution in [0.25, 0.3) is 11.0 Å². The van der Waals surface area contributed by atoms with Crippen molar-refractivity contribution in [1.29, 1.82) is 0 Å². The first-order valence-corrected chi connectivity index (χ1v) is 9.05. The molecule has 2 aromatic heterocycles. The van der Waals surface area contributed by atoms with E-state index in [-0.39, 0.29) is 29.8 Å². The predicted octanol–water partition coefficient (Wildman–Crippen LogP) is 4.52. The van der Waals surface area contributed by atoms with Gasteiger partial charge in [0.05, 0.1) is 6.54 Å². The smallest absolute Gasteiger partial charge is 0.192 e. The van der Waals surface area contributed by atoms with Gasteiger partial charge in [0.15, 0.2) is 5.96 Å². The third-order valence-corrected chi connectivity index (χ3v) is 4.76. The number of fused-ring (bicyclic) bond motifs is 1. The van der Waals surface area contributed by atoms with Crippen molar-refractivity contribution in [2.45, 2.75) is 33.9 Å². The molecule has 0 aliphatic heterocycles. The number of aryl methyl sites for hydroxylation is 2. The highest BCUT2D eigenvalue weighted by Crippen LogP contribution is 2.26. The first-order chi connectivity index (χ1) is 12.1. The molecule has 3 aromatic rings. The van der Waals surface area contributed by atoms with Crippen molar-refractivity contribution >= 4 is 52.2 Å². The summed E-state index contributed by atoms with van der Waals surface area (Å²) < 4.78 is 19.2. The molecule has 26 heavy (non-hydrogen) atoms. The summed E-state index contributed by atoms with van der Waals surface area (Å²) in [6, 6.07) is 4.55. The summed E-state index contributed by atoms with van der Waals surface area (Å²) in [5.74, 6) is 1.17. The largest absolute Gasteiger partial charge is 0.459 e. The first kappa shape index (κ1) is 20.6. The molecule has 0 atom stereocenters. The molecule has 2 heterocycles. The van der Waals surface area contributed by atoms with E-state index in [9.17, 15) is 4.39 Å². The summed E-state index contributed by atoms with van der Waals surface area (Å²) in [7, 11) is 0. The van der Waals surface area contributed by atoms with Crippen LogP contribution in [-0.2, 0) is 13.1 Å². The molecule has 0 saturated heterocycles. The number of aromatic nitrogens is 1. The molecular weight excluding hydrogens is 466 g/mol. The van der Waals surface area contributed by atoms with Gasteiger partial charge in [0.25, 0.3) is 0 Å². The van der Waals surface area contributed by atoms with Crippen LogP contribution in [-0.4, -0.2) is 17.5 Å². The number of thiazole rings is 1. The number of aliphatic imine (C=N–C) groups is 1. The van der Waals surface area contributed by atoms with E-state index < -0.39 is 0 Å². The van der Waals surface area contributed by atoms with E-state index in [0.29, 0.717) is 24.6 Å². The van der Waals surface area contributed by atoms with Gasteiger partial charge in [-0.3, -0.25) is 0 Å². The molecule has 0 aliphatic carbocycles. The SMILES string of the molecule is CCNC(=NCc1oc2ccc(F)cc2c1C)NCc1nc(C)cs1.I. The van der Waals surface area contributed by atoms with E-state index in [1.54, 1.807) is 17.4 Å². The van der Waals surface area contributed by atoms with E-state index >= 15 is 0 Å². The quantitative estimate of drug-likeness (QED) is 0.315. The maximum Gasteiger partial charge on any atom is 0.192 e. The van der Waals surface area contributed by atoms with Crippen LogP contribution in [0.4, 0.5) is 4.39 Å². The highest BCUT2D eigenvalue weighted by Gasteiger charge is 2.11. The van der Waals surface area contributed by atoms with Crippen molar-refractivity contribution < 1.29 is 8.81 Å². The molecule has 1 aromatic carbocycles. The molecular formula is C18H22FIN4OS. The fourth-order valence-electron chi connectivity index (χ4n) is 2.53. The molecule has 2 N–H and O–H groups in total. The zero-order valence-electron chi connectivity index (χ0n) is 14.9. The maximum absolute atomic E-state index is 13.4. The summed E-state index contributed by atoms with van der Waals surface area (Å²) in [6.45, 7) is 7.68. The van der Waals surface area contributed by atoms with Crippen LogP contribution in [0.3, 0.4) is 0 Å². The highest BCUT2D eigenvalue weighted by molar-refractivity contribution is 14.0. The van der Waals surface area contributed by atoms with Crippen LogP contribution >= 0.6 is 35.3 Å². The number of benzene rings is 1. The van der Waals surface area contributed by atoms with Crippen molar-refractivity contribution in [1.82, 2.24) is 15.6 Å². The third kappa shape index (κ3) is 4.94. The number of rotatable bonds is 5. The Labute approximate surface area is 173 Å². The number of furan rings is 1. The molecule has 0 unspecified atom stereocenters. The van der Waals surface area contributed by atoms with Gasteiger partial charge in [-0.25, -0.2) is 14.4 Å². The van der Waals surface area contributed by atoms with Gasteiger partial charge >= 0.3 is 0 Å². The Kier molecular flexibility index (Phi) is 7.39. The average Bonchev–Trinajstić information content (AvgIpc) is 3.14. The van der Waals surface area contributed by atoms with Crippen LogP contribution in [0.15, 0.2) is 33.0 Å². The first-order valence-electron chi connectivity index (χ1n) is 8.17. The summed E-state index contributed by atoms with van der Waals surface area (Å²) in [5, 5.41) is 10.3. The lowest BCUT2D eigenvalue weighted by Gasteiger charge is -2.09. The summed E-state index contributed by atoms with van der Waals surface area (Å²) in [6.07, 6.45) is 0. The van der Waals surface area contributed by atoms with Crippen molar-refractivity contribution in [3.8, 4) is 0 Å². The number of halogens is 2. The minimum absolute atomic E-state index is 0. The second-order valence-corrected chi connectivity index (χ2v) is 6.66. The number of nitrogens with zero attached hydrogens (tertiary/aromatic N) is 2. The third-order valence-electron chi connectivity index (χ3n) is 3.80. The van der Waals surface area contributed by atoms with Gasteiger partial charge in [0.1, 0.15) is 28.7 Å². The van der Waals surface area contributed by atoms with Gasteiger partial charge in [-0.05, 0) is 39.0 Å². The standard InChI is InChI=1S/C18H21FN4OS.HI/c1-4-20-18(22-9-17-23-11(2)10-25-17)21-8-16-12(3)14-7-13(19)5-6-15(14)24-16;/h5-7,10H,4,8-9H2,1-3H3,(H2,20,21,22);1H. The fraction of sp³-hybridized carbons (Fsp3) is 0.333. The molecule has 5 nitrogen and oxygen atoms in total. The Morgan fingerprint density at radius 3 is 2.81 bits per heavy atom. The van der Waals surface area contributed by atoms with Gasteiger partial charge in [0, 0.05) is 28.6 Å². The van der Waals surface area contributed by atoms with Crippen molar-refractivity contribution in [2.24, 2.45) is 4.99 Å². The van der Waals surface area contributed by atoms with E-state index in [4.69, 9.17) is 4.42 Å². The Bertz CT molecular complexity index is 906. The predicted molar refractivity (Wildman–Crippen MR) is 115 cm³/mol. The molecule has 0 saturated carbocycles.